The Hall–Kier alpha value is -1.33. The van der Waals surface area contributed by atoms with Crippen LogP contribution in [-0.2, 0) is 6.54 Å². The summed E-state index contributed by atoms with van der Waals surface area (Å²) >= 11 is 0. The van der Waals surface area contributed by atoms with E-state index in [2.05, 4.69) is 5.32 Å². The fourth-order valence-corrected chi connectivity index (χ4v) is 1.24. The lowest BCUT2D eigenvalue weighted by Gasteiger charge is -2.11. The SMILES string of the molecule is CC(CCO)NCc1ccoc1C(=O)O. The predicted molar refractivity (Wildman–Crippen MR) is 53.7 cm³/mol. The molecule has 15 heavy (non-hydrogen) atoms. The van der Waals surface area contributed by atoms with Gasteiger partial charge in [0, 0.05) is 24.8 Å². The molecule has 1 aromatic heterocycles. The molecule has 1 unspecified atom stereocenters. The van der Waals surface area contributed by atoms with Gasteiger partial charge in [0.05, 0.1) is 6.26 Å². The Labute approximate surface area is 87.7 Å². The topological polar surface area (TPSA) is 82.7 Å². The van der Waals surface area contributed by atoms with Crippen molar-refractivity contribution in [2.45, 2.75) is 25.9 Å². The van der Waals surface area contributed by atoms with Crippen molar-refractivity contribution in [2.24, 2.45) is 0 Å². The van der Waals surface area contributed by atoms with E-state index in [0.717, 1.165) is 0 Å². The van der Waals surface area contributed by atoms with Crippen LogP contribution in [0.2, 0.25) is 0 Å². The standard InChI is InChI=1S/C10H15NO4/c1-7(2-4-12)11-6-8-3-5-15-9(8)10(13)14/h3,5,7,11-12H,2,4,6H2,1H3,(H,13,14). The van der Waals surface area contributed by atoms with Crippen molar-refractivity contribution in [1.82, 2.24) is 5.32 Å². The molecule has 1 rings (SSSR count). The average molecular weight is 213 g/mol. The predicted octanol–water partition coefficient (Wildman–Crippen LogP) is 0.838. The largest absolute Gasteiger partial charge is 0.475 e. The van der Waals surface area contributed by atoms with Gasteiger partial charge in [-0.25, -0.2) is 4.79 Å². The molecule has 0 aromatic carbocycles. The first-order valence-electron chi connectivity index (χ1n) is 4.79. The van der Waals surface area contributed by atoms with E-state index >= 15 is 0 Å². The Morgan fingerprint density at radius 1 is 1.67 bits per heavy atom. The second-order valence-corrected chi connectivity index (χ2v) is 3.37. The molecule has 0 saturated heterocycles. The first kappa shape index (κ1) is 11.7. The van der Waals surface area contributed by atoms with Gasteiger partial charge in [0.25, 0.3) is 0 Å². The molecule has 0 radical (unpaired) electrons. The van der Waals surface area contributed by atoms with Gasteiger partial charge in [0.2, 0.25) is 5.76 Å². The van der Waals surface area contributed by atoms with Crippen LogP contribution in [0.4, 0.5) is 0 Å². The van der Waals surface area contributed by atoms with E-state index in [4.69, 9.17) is 14.6 Å². The van der Waals surface area contributed by atoms with Gasteiger partial charge in [0.1, 0.15) is 0 Å². The van der Waals surface area contributed by atoms with E-state index in [9.17, 15) is 4.79 Å². The summed E-state index contributed by atoms with van der Waals surface area (Å²) in [4.78, 5) is 10.7. The van der Waals surface area contributed by atoms with Crippen molar-refractivity contribution >= 4 is 5.97 Å². The molecule has 0 aliphatic rings. The van der Waals surface area contributed by atoms with Crippen LogP contribution in [-0.4, -0.2) is 28.8 Å². The number of furan rings is 1. The molecule has 5 heteroatoms. The lowest BCUT2D eigenvalue weighted by molar-refractivity contribution is 0.0660. The number of aliphatic hydroxyl groups excluding tert-OH is 1. The van der Waals surface area contributed by atoms with Gasteiger partial charge in [-0.15, -0.1) is 0 Å². The number of nitrogens with one attached hydrogen (secondary N) is 1. The Morgan fingerprint density at radius 3 is 3.00 bits per heavy atom. The number of hydrogen-bond donors (Lipinski definition) is 3. The van der Waals surface area contributed by atoms with Crippen molar-refractivity contribution in [3.63, 3.8) is 0 Å². The summed E-state index contributed by atoms with van der Waals surface area (Å²) in [6, 6.07) is 1.77. The van der Waals surface area contributed by atoms with Gasteiger partial charge in [0.15, 0.2) is 0 Å². The number of aromatic carboxylic acids is 1. The van der Waals surface area contributed by atoms with E-state index in [-0.39, 0.29) is 18.4 Å². The smallest absolute Gasteiger partial charge is 0.372 e. The van der Waals surface area contributed by atoms with E-state index in [1.54, 1.807) is 6.07 Å². The first-order valence-corrected chi connectivity index (χ1v) is 4.79. The van der Waals surface area contributed by atoms with Crippen LogP contribution in [0.5, 0.6) is 0 Å². The summed E-state index contributed by atoms with van der Waals surface area (Å²) in [6.45, 7) is 2.47. The zero-order valence-corrected chi connectivity index (χ0v) is 8.56. The maximum atomic E-state index is 10.7. The maximum absolute atomic E-state index is 10.7. The molecule has 0 fully saturated rings. The zero-order valence-electron chi connectivity index (χ0n) is 8.56. The average Bonchev–Trinajstić information content (AvgIpc) is 2.63. The Balaban J connectivity index is 2.50. The quantitative estimate of drug-likeness (QED) is 0.652. The molecule has 0 aliphatic carbocycles. The van der Waals surface area contributed by atoms with Crippen LogP contribution in [0.15, 0.2) is 16.7 Å². The Morgan fingerprint density at radius 2 is 2.40 bits per heavy atom. The summed E-state index contributed by atoms with van der Waals surface area (Å²) in [5.74, 6) is -1.09. The molecule has 0 saturated carbocycles. The third-order valence-corrected chi connectivity index (χ3v) is 2.14. The van der Waals surface area contributed by atoms with Crippen molar-refractivity contribution in [1.29, 1.82) is 0 Å². The normalized spacial score (nSPS) is 12.7. The lowest BCUT2D eigenvalue weighted by Crippen LogP contribution is -2.26. The van der Waals surface area contributed by atoms with Crippen molar-refractivity contribution in [2.75, 3.05) is 6.61 Å². The molecule has 5 nitrogen and oxygen atoms in total. The molecule has 0 spiro atoms. The molecule has 1 heterocycles. The van der Waals surface area contributed by atoms with Gasteiger partial charge >= 0.3 is 5.97 Å². The summed E-state index contributed by atoms with van der Waals surface area (Å²) < 4.78 is 4.83. The van der Waals surface area contributed by atoms with Crippen LogP contribution in [0, 0.1) is 0 Å². The van der Waals surface area contributed by atoms with Crippen LogP contribution >= 0.6 is 0 Å². The number of carboxylic acid groups (broad SMARTS) is 1. The lowest BCUT2D eigenvalue weighted by atomic mass is 10.2. The van der Waals surface area contributed by atoms with E-state index < -0.39 is 5.97 Å². The molecule has 0 bridgehead atoms. The van der Waals surface area contributed by atoms with Crippen LogP contribution in [0.25, 0.3) is 0 Å². The van der Waals surface area contributed by atoms with Gasteiger partial charge < -0.3 is 19.9 Å². The van der Waals surface area contributed by atoms with Gasteiger partial charge in [-0.2, -0.15) is 0 Å². The second-order valence-electron chi connectivity index (χ2n) is 3.37. The molecular weight excluding hydrogens is 198 g/mol. The highest BCUT2D eigenvalue weighted by molar-refractivity contribution is 5.86. The highest BCUT2D eigenvalue weighted by Crippen LogP contribution is 2.10. The zero-order chi connectivity index (χ0) is 11.3. The highest BCUT2D eigenvalue weighted by atomic mass is 16.4. The molecule has 3 N–H and O–H groups in total. The number of aliphatic hydroxyl groups is 1. The van der Waals surface area contributed by atoms with Crippen LogP contribution < -0.4 is 5.32 Å². The molecular formula is C10H15NO4. The highest BCUT2D eigenvalue weighted by Gasteiger charge is 2.13. The van der Waals surface area contributed by atoms with Crippen LogP contribution in [0.3, 0.4) is 0 Å². The number of carbonyl (C=O) groups is 1. The van der Waals surface area contributed by atoms with E-state index in [0.29, 0.717) is 18.5 Å². The molecule has 1 atom stereocenters. The Kier molecular flexibility index (Phi) is 4.33. The van der Waals surface area contributed by atoms with Gasteiger partial charge in [-0.1, -0.05) is 0 Å². The van der Waals surface area contributed by atoms with Gasteiger partial charge in [-0.05, 0) is 19.4 Å². The minimum absolute atomic E-state index is 0.0290. The number of hydrogen-bond acceptors (Lipinski definition) is 4. The monoisotopic (exact) mass is 213 g/mol. The maximum Gasteiger partial charge on any atom is 0.372 e. The molecule has 84 valence electrons. The third-order valence-electron chi connectivity index (χ3n) is 2.14. The molecule has 0 amide bonds. The van der Waals surface area contributed by atoms with E-state index in [1.807, 2.05) is 6.92 Å². The summed E-state index contributed by atoms with van der Waals surface area (Å²) in [7, 11) is 0. The van der Waals surface area contributed by atoms with E-state index in [1.165, 1.54) is 6.26 Å². The fraction of sp³-hybridized carbons (Fsp3) is 0.500. The number of carboxylic acids is 1. The minimum atomic E-state index is -1.06. The second kappa shape index (κ2) is 5.53. The summed E-state index contributed by atoms with van der Waals surface area (Å²) in [5.41, 5.74) is 0.618. The van der Waals surface area contributed by atoms with Crippen LogP contribution in [0.1, 0.15) is 29.5 Å². The summed E-state index contributed by atoms with van der Waals surface area (Å²) in [5, 5.41) is 20.5. The van der Waals surface area contributed by atoms with Gasteiger partial charge in [-0.3, -0.25) is 0 Å². The van der Waals surface area contributed by atoms with Crippen molar-refractivity contribution in [3.05, 3.63) is 23.7 Å². The summed E-state index contributed by atoms with van der Waals surface area (Å²) in [6.07, 6.45) is 2.00. The third kappa shape index (κ3) is 3.38. The fourth-order valence-electron chi connectivity index (χ4n) is 1.24. The number of rotatable bonds is 6. The van der Waals surface area contributed by atoms with Crippen molar-refractivity contribution < 1.29 is 19.4 Å². The first-order chi connectivity index (χ1) is 7.15. The van der Waals surface area contributed by atoms with Crippen molar-refractivity contribution in [3.8, 4) is 0 Å². The molecule has 0 aliphatic heterocycles. The molecule has 1 aromatic rings. The Bertz CT molecular complexity index is 321. The minimum Gasteiger partial charge on any atom is -0.475 e.